The number of thioether (sulfide) groups is 1. The lowest BCUT2D eigenvalue weighted by Crippen LogP contribution is -2.26. The molecule has 6 nitrogen and oxygen atoms in total. The van der Waals surface area contributed by atoms with Gasteiger partial charge in [-0.3, -0.25) is 9.59 Å². The maximum Gasteiger partial charge on any atom is 0.339 e. The zero-order valence-electron chi connectivity index (χ0n) is 17.9. The van der Waals surface area contributed by atoms with Gasteiger partial charge in [0.2, 0.25) is 5.91 Å². The van der Waals surface area contributed by atoms with E-state index in [9.17, 15) is 14.4 Å². The van der Waals surface area contributed by atoms with Crippen LogP contribution in [0.4, 0.5) is 5.69 Å². The van der Waals surface area contributed by atoms with E-state index >= 15 is 0 Å². The van der Waals surface area contributed by atoms with Crippen LogP contribution in [-0.2, 0) is 14.3 Å². The van der Waals surface area contributed by atoms with Crippen molar-refractivity contribution in [3.8, 4) is 5.75 Å². The van der Waals surface area contributed by atoms with Crippen LogP contribution in [0, 0.1) is 5.41 Å². The smallest absolute Gasteiger partial charge is 0.339 e. The molecule has 0 saturated carbocycles. The summed E-state index contributed by atoms with van der Waals surface area (Å²) in [5.74, 6) is -0.312. The fourth-order valence-corrected chi connectivity index (χ4v) is 3.33. The number of ether oxygens (including phenoxy) is 2. The molecular formula is C23H27NO5S. The number of anilines is 1. The zero-order valence-corrected chi connectivity index (χ0v) is 18.7. The average molecular weight is 430 g/mol. The Hall–Kier alpha value is -2.80. The Labute approximate surface area is 181 Å². The number of ketones is 1. The lowest BCUT2D eigenvalue weighted by molar-refractivity contribution is -0.129. The van der Waals surface area contributed by atoms with E-state index in [1.54, 1.807) is 83.3 Å². The molecule has 1 atom stereocenters. The van der Waals surface area contributed by atoms with Crippen molar-refractivity contribution in [1.82, 2.24) is 0 Å². The predicted octanol–water partition coefficient (Wildman–Crippen LogP) is 4.59. The molecule has 160 valence electrons. The molecule has 0 aromatic heterocycles. The molecule has 0 aliphatic heterocycles. The number of carbonyl (C=O) groups is 3. The molecule has 0 aliphatic rings. The van der Waals surface area contributed by atoms with Crippen LogP contribution in [0.25, 0.3) is 0 Å². The van der Waals surface area contributed by atoms with Gasteiger partial charge in [-0.05, 0) is 31.2 Å². The number of hydrogen-bond acceptors (Lipinski definition) is 6. The minimum Gasteiger partial charge on any atom is -0.497 e. The lowest BCUT2D eigenvalue weighted by atomic mass is 9.91. The van der Waals surface area contributed by atoms with Gasteiger partial charge in [0.15, 0.2) is 12.4 Å². The number of hydrogen-bond donors (Lipinski definition) is 1. The molecule has 1 N–H and O–H groups in total. The van der Waals surface area contributed by atoms with Crippen molar-refractivity contribution in [3.63, 3.8) is 0 Å². The SMILES string of the molecule is COc1cccc(NC(=O)[C@H](C)Sc2ccccc2C(=O)OCC(=O)C(C)(C)C)c1. The van der Waals surface area contributed by atoms with Gasteiger partial charge in [-0.25, -0.2) is 4.79 Å². The number of nitrogens with one attached hydrogen (secondary N) is 1. The van der Waals surface area contributed by atoms with Gasteiger partial charge in [-0.15, -0.1) is 11.8 Å². The van der Waals surface area contributed by atoms with E-state index in [2.05, 4.69) is 5.32 Å². The zero-order chi connectivity index (χ0) is 22.3. The third-order valence-corrected chi connectivity index (χ3v) is 5.47. The molecule has 0 spiro atoms. The summed E-state index contributed by atoms with van der Waals surface area (Å²) in [6.45, 7) is 6.79. The van der Waals surface area contributed by atoms with Gasteiger partial charge < -0.3 is 14.8 Å². The van der Waals surface area contributed by atoms with Crippen LogP contribution in [0.2, 0.25) is 0 Å². The van der Waals surface area contributed by atoms with Crippen LogP contribution < -0.4 is 10.1 Å². The van der Waals surface area contributed by atoms with Gasteiger partial charge in [0.05, 0.1) is 17.9 Å². The molecule has 0 bridgehead atoms. The first-order valence-electron chi connectivity index (χ1n) is 9.53. The van der Waals surface area contributed by atoms with Crippen molar-refractivity contribution in [2.75, 3.05) is 19.0 Å². The van der Waals surface area contributed by atoms with Crippen LogP contribution in [-0.4, -0.2) is 36.6 Å². The van der Waals surface area contributed by atoms with Crippen LogP contribution >= 0.6 is 11.8 Å². The fourth-order valence-electron chi connectivity index (χ4n) is 2.35. The van der Waals surface area contributed by atoms with E-state index in [0.29, 0.717) is 21.9 Å². The third-order valence-electron chi connectivity index (χ3n) is 4.29. The Bertz CT molecular complexity index is 920. The van der Waals surface area contributed by atoms with E-state index < -0.39 is 16.6 Å². The second-order valence-corrected chi connectivity index (χ2v) is 9.11. The monoisotopic (exact) mass is 429 g/mol. The highest BCUT2D eigenvalue weighted by molar-refractivity contribution is 8.00. The molecule has 7 heteroatoms. The molecule has 30 heavy (non-hydrogen) atoms. The van der Waals surface area contributed by atoms with E-state index in [4.69, 9.17) is 9.47 Å². The molecule has 0 radical (unpaired) electrons. The van der Waals surface area contributed by atoms with E-state index in [0.717, 1.165) is 0 Å². The summed E-state index contributed by atoms with van der Waals surface area (Å²) in [5, 5.41) is 2.37. The van der Waals surface area contributed by atoms with Crippen LogP contribution in [0.5, 0.6) is 5.75 Å². The molecule has 0 unspecified atom stereocenters. The van der Waals surface area contributed by atoms with Crippen molar-refractivity contribution in [1.29, 1.82) is 0 Å². The molecule has 0 saturated heterocycles. The van der Waals surface area contributed by atoms with Crippen molar-refractivity contribution in [2.24, 2.45) is 5.41 Å². The molecule has 0 aliphatic carbocycles. The van der Waals surface area contributed by atoms with Crippen LogP contribution in [0.15, 0.2) is 53.4 Å². The minimum absolute atomic E-state index is 0.160. The highest BCUT2D eigenvalue weighted by Gasteiger charge is 2.24. The Morgan fingerprint density at radius 1 is 1.07 bits per heavy atom. The molecular weight excluding hydrogens is 402 g/mol. The Morgan fingerprint density at radius 3 is 2.43 bits per heavy atom. The first kappa shape index (κ1) is 23.5. The Balaban J connectivity index is 2.04. The van der Waals surface area contributed by atoms with Gasteiger partial charge in [0.25, 0.3) is 0 Å². The number of methoxy groups -OCH3 is 1. The lowest BCUT2D eigenvalue weighted by Gasteiger charge is -2.17. The molecule has 2 aromatic carbocycles. The molecule has 2 rings (SSSR count). The van der Waals surface area contributed by atoms with E-state index in [1.807, 2.05) is 0 Å². The van der Waals surface area contributed by atoms with Gasteiger partial charge in [-0.1, -0.05) is 39.0 Å². The minimum atomic E-state index is -0.587. The summed E-state index contributed by atoms with van der Waals surface area (Å²) in [5.41, 5.74) is 0.367. The summed E-state index contributed by atoms with van der Waals surface area (Å²) >= 11 is 1.25. The Kier molecular flexibility index (Phi) is 8.06. The highest BCUT2D eigenvalue weighted by Crippen LogP contribution is 2.29. The predicted molar refractivity (Wildman–Crippen MR) is 118 cm³/mol. The van der Waals surface area contributed by atoms with Crippen molar-refractivity contribution < 1.29 is 23.9 Å². The molecule has 0 heterocycles. The summed E-state index contributed by atoms with van der Waals surface area (Å²) in [7, 11) is 1.56. The van der Waals surface area contributed by atoms with Crippen molar-refractivity contribution in [2.45, 2.75) is 37.8 Å². The van der Waals surface area contributed by atoms with Gasteiger partial charge in [0, 0.05) is 22.1 Å². The number of esters is 1. The molecule has 2 aromatic rings. The number of benzene rings is 2. The largest absolute Gasteiger partial charge is 0.497 e. The van der Waals surface area contributed by atoms with Crippen molar-refractivity contribution >= 4 is 35.1 Å². The van der Waals surface area contributed by atoms with E-state index in [1.165, 1.54) is 11.8 Å². The fraction of sp³-hybridized carbons (Fsp3) is 0.348. The van der Waals surface area contributed by atoms with Crippen LogP contribution in [0.1, 0.15) is 38.1 Å². The summed E-state index contributed by atoms with van der Waals surface area (Å²) in [6.07, 6.45) is 0. The van der Waals surface area contributed by atoms with Gasteiger partial charge in [-0.2, -0.15) is 0 Å². The third kappa shape index (κ3) is 6.62. The Morgan fingerprint density at radius 2 is 1.77 bits per heavy atom. The standard InChI is InChI=1S/C23H27NO5S/c1-15(21(26)24-16-9-8-10-17(13-16)28-5)30-19-12-7-6-11-18(19)22(27)29-14-20(25)23(2,3)4/h6-13,15H,14H2,1-5H3,(H,24,26)/t15-/m0/s1. The quantitative estimate of drug-likeness (QED) is 0.488. The second-order valence-electron chi connectivity index (χ2n) is 7.73. The summed E-state index contributed by atoms with van der Waals surface area (Å²) < 4.78 is 10.4. The van der Waals surface area contributed by atoms with Crippen LogP contribution in [0.3, 0.4) is 0 Å². The number of rotatable bonds is 8. The summed E-state index contributed by atoms with van der Waals surface area (Å²) in [6, 6.07) is 14.0. The van der Waals surface area contributed by atoms with Gasteiger partial charge >= 0.3 is 5.97 Å². The number of Topliss-reactive ketones (excluding diaryl/α,β-unsaturated/α-hetero) is 1. The maximum absolute atomic E-state index is 12.6. The first-order valence-corrected chi connectivity index (χ1v) is 10.4. The van der Waals surface area contributed by atoms with Crippen molar-refractivity contribution in [3.05, 3.63) is 54.1 Å². The normalized spacial score (nSPS) is 12.0. The second kappa shape index (κ2) is 10.3. The first-order chi connectivity index (χ1) is 14.1. The summed E-state index contributed by atoms with van der Waals surface area (Å²) in [4.78, 5) is 37.7. The average Bonchev–Trinajstić information content (AvgIpc) is 2.71. The van der Waals surface area contributed by atoms with Gasteiger partial charge in [0.1, 0.15) is 5.75 Å². The maximum atomic E-state index is 12.6. The topological polar surface area (TPSA) is 81.7 Å². The number of amides is 1. The van der Waals surface area contributed by atoms with E-state index in [-0.39, 0.29) is 18.3 Å². The molecule has 1 amide bonds. The molecule has 0 fully saturated rings. The number of carbonyl (C=O) groups excluding carboxylic acids is 3. The highest BCUT2D eigenvalue weighted by atomic mass is 32.2.